The molecule has 98 valence electrons. The molecule has 0 radical (unpaired) electrons. The maximum Gasteiger partial charge on any atom is 0.315 e. The van der Waals surface area contributed by atoms with E-state index < -0.39 is 21.7 Å². The van der Waals surface area contributed by atoms with Gasteiger partial charge in [0, 0.05) is 0 Å². The quantitative estimate of drug-likeness (QED) is 0.604. The third-order valence-electron chi connectivity index (χ3n) is 3.11. The van der Waals surface area contributed by atoms with Crippen LogP contribution < -0.4 is 4.74 Å². The van der Waals surface area contributed by atoms with Crippen molar-refractivity contribution in [2.45, 2.75) is 20.3 Å². The van der Waals surface area contributed by atoms with E-state index in [1.54, 1.807) is 6.07 Å². The van der Waals surface area contributed by atoms with Crippen LogP contribution in [0.3, 0.4) is 0 Å². The maximum absolute atomic E-state index is 11.9. The molecule has 0 bridgehead atoms. The highest BCUT2D eigenvalue weighted by Gasteiger charge is 2.34. The fraction of sp³-hybridized carbons (Fsp3) is 0.462. The summed E-state index contributed by atoms with van der Waals surface area (Å²) in [4.78, 5) is 11.9. The highest BCUT2D eigenvalue weighted by molar-refractivity contribution is 7.91. The Bertz CT molecular complexity index is 575. The molecule has 0 saturated carbocycles. The average Bonchev–Trinajstić information content (AvgIpc) is 2.63. The number of esters is 1. The molecule has 1 aliphatic heterocycles. The summed E-state index contributed by atoms with van der Waals surface area (Å²) in [6.07, 6.45) is 0.367. The van der Waals surface area contributed by atoms with Crippen molar-refractivity contribution in [1.29, 1.82) is 0 Å². The van der Waals surface area contributed by atoms with Gasteiger partial charge in [-0.3, -0.25) is 4.79 Å². The lowest BCUT2D eigenvalue weighted by atomic mass is 10.1. The topological polar surface area (TPSA) is 60.4 Å². The Balaban J connectivity index is 2.08. The number of sulfone groups is 1. The number of carbonyl (C=O) groups is 1. The van der Waals surface area contributed by atoms with Gasteiger partial charge in [0.25, 0.3) is 0 Å². The summed E-state index contributed by atoms with van der Waals surface area (Å²) in [5.41, 5.74) is 1.97. The average molecular weight is 268 g/mol. The van der Waals surface area contributed by atoms with Crippen LogP contribution in [0.15, 0.2) is 18.2 Å². The molecule has 2 rings (SSSR count). The monoisotopic (exact) mass is 268 g/mol. The first-order valence-corrected chi connectivity index (χ1v) is 7.69. The van der Waals surface area contributed by atoms with Crippen LogP contribution in [0.5, 0.6) is 5.75 Å². The lowest BCUT2D eigenvalue weighted by Gasteiger charge is -2.10. The lowest BCUT2D eigenvalue weighted by molar-refractivity contribution is -0.138. The standard InChI is InChI=1S/C13H16O4S/c1-9-3-4-12(10(2)7-9)17-13(14)11-5-6-18(15,16)8-11/h3-4,7,11H,5-6,8H2,1-2H3. The van der Waals surface area contributed by atoms with Crippen molar-refractivity contribution in [2.24, 2.45) is 5.92 Å². The zero-order valence-electron chi connectivity index (χ0n) is 10.5. The number of carbonyl (C=O) groups excluding carboxylic acids is 1. The van der Waals surface area contributed by atoms with Gasteiger partial charge in [0.2, 0.25) is 0 Å². The summed E-state index contributed by atoms with van der Waals surface area (Å²) < 4.78 is 27.9. The van der Waals surface area contributed by atoms with Crippen LogP contribution in [0.1, 0.15) is 17.5 Å². The molecule has 4 nitrogen and oxygen atoms in total. The molecule has 5 heteroatoms. The summed E-state index contributed by atoms with van der Waals surface area (Å²) in [6, 6.07) is 5.53. The van der Waals surface area contributed by atoms with Crippen LogP contribution in [0.2, 0.25) is 0 Å². The highest BCUT2D eigenvalue weighted by atomic mass is 32.2. The third-order valence-corrected chi connectivity index (χ3v) is 4.87. The molecule has 1 aromatic carbocycles. The van der Waals surface area contributed by atoms with Crippen LogP contribution in [0.25, 0.3) is 0 Å². The number of ether oxygens (including phenoxy) is 1. The largest absolute Gasteiger partial charge is 0.426 e. The van der Waals surface area contributed by atoms with Crippen molar-refractivity contribution in [3.8, 4) is 5.75 Å². The fourth-order valence-electron chi connectivity index (χ4n) is 2.09. The Morgan fingerprint density at radius 1 is 1.33 bits per heavy atom. The second-order valence-electron chi connectivity index (χ2n) is 4.79. The number of aryl methyl sites for hydroxylation is 2. The van der Waals surface area contributed by atoms with Gasteiger partial charge in [-0.25, -0.2) is 8.42 Å². The zero-order valence-corrected chi connectivity index (χ0v) is 11.3. The Morgan fingerprint density at radius 2 is 2.06 bits per heavy atom. The van der Waals surface area contributed by atoms with Gasteiger partial charge in [0.05, 0.1) is 17.4 Å². The summed E-state index contributed by atoms with van der Waals surface area (Å²) >= 11 is 0. The minimum atomic E-state index is -3.05. The molecule has 1 unspecified atom stereocenters. The molecular weight excluding hydrogens is 252 g/mol. The van der Waals surface area contributed by atoms with Gasteiger partial charge in [-0.1, -0.05) is 17.7 Å². The minimum Gasteiger partial charge on any atom is -0.426 e. The van der Waals surface area contributed by atoms with E-state index >= 15 is 0 Å². The van der Waals surface area contributed by atoms with E-state index in [2.05, 4.69) is 0 Å². The number of benzene rings is 1. The van der Waals surface area contributed by atoms with E-state index in [0.717, 1.165) is 11.1 Å². The number of rotatable bonds is 2. The maximum atomic E-state index is 11.9. The van der Waals surface area contributed by atoms with E-state index in [4.69, 9.17) is 4.74 Å². The summed E-state index contributed by atoms with van der Waals surface area (Å²) in [5.74, 6) is -0.454. The molecule has 1 saturated heterocycles. The second kappa shape index (κ2) is 4.72. The molecule has 1 fully saturated rings. The van der Waals surface area contributed by atoms with Gasteiger partial charge in [0.1, 0.15) is 5.75 Å². The summed E-state index contributed by atoms with van der Waals surface area (Å²) in [7, 11) is -3.05. The van der Waals surface area contributed by atoms with Crippen molar-refractivity contribution >= 4 is 15.8 Å². The molecule has 0 aromatic heterocycles. The van der Waals surface area contributed by atoms with Gasteiger partial charge in [-0.2, -0.15) is 0 Å². The van der Waals surface area contributed by atoms with E-state index in [1.165, 1.54) is 0 Å². The van der Waals surface area contributed by atoms with Gasteiger partial charge in [-0.05, 0) is 31.9 Å². The Kier molecular flexibility index (Phi) is 3.43. The predicted molar refractivity (Wildman–Crippen MR) is 68.3 cm³/mol. The van der Waals surface area contributed by atoms with Crippen molar-refractivity contribution in [3.05, 3.63) is 29.3 Å². The fourth-order valence-corrected chi connectivity index (χ4v) is 3.81. The molecular formula is C13H16O4S. The zero-order chi connectivity index (χ0) is 13.3. The Morgan fingerprint density at radius 3 is 2.61 bits per heavy atom. The minimum absolute atomic E-state index is 0.0830. The summed E-state index contributed by atoms with van der Waals surface area (Å²) in [5, 5.41) is 0. The van der Waals surface area contributed by atoms with Gasteiger partial charge >= 0.3 is 5.97 Å². The molecule has 0 spiro atoms. The van der Waals surface area contributed by atoms with Crippen molar-refractivity contribution in [2.75, 3.05) is 11.5 Å². The third kappa shape index (κ3) is 2.90. The van der Waals surface area contributed by atoms with E-state index in [9.17, 15) is 13.2 Å². The Hall–Kier alpha value is -1.36. The van der Waals surface area contributed by atoms with Gasteiger partial charge in [-0.15, -0.1) is 0 Å². The van der Waals surface area contributed by atoms with Gasteiger partial charge < -0.3 is 4.74 Å². The SMILES string of the molecule is Cc1ccc(OC(=O)C2CCS(=O)(=O)C2)c(C)c1. The molecule has 0 aliphatic carbocycles. The van der Waals surface area contributed by atoms with Crippen LogP contribution in [0.4, 0.5) is 0 Å². The van der Waals surface area contributed by atoms with Crippen molar-refractivity contribution in [3.63, 3.8) is 0 Å². The van der Waals surface area contributed by atoms with Gasteiger partial charge in [0.15, 0.2) is 9.84 Å². The van der Waals surface area contributed by atoms with Crippen LogP contribution in [0, 0.1) is 19.8 Å². The van der Waals surface area contributed by atoms with Crippen molar-refractivity contribution < 1.29 is 17.9 Å². The number of hydrogen-bond donors (Lipinski definition) is 0. The second-order valence-corrected chi connectivity index (χ2v) is 7.02. The molecule has 1 atom stereocenters. The van der Waals surface area contributed by atoms with Crippen LogP contribution in [-0.2, 0) is 14.6 Å². The van der Waals surface area contributed by atoms with Crippen LogP contribution in [-0.4, -0.2) is 25.9 Å². The first-order valence-electron chi connectivity index (χ1n) is 5.87. The highest BCUT2D eigenvalue weighted by Crippen LogP contribution is 2.24. The Labute approximate surface area is 107 Å². The predicted octanol–water partition coefficient (Wildman–Crippen LogP) is 1.64. The first kappa shape index (κ1) is 13.1. The molecule has 18 heavy (non-hydrogen) atoms. The summed E-state index contributed by atoms with van der Waals surface area (Å²) in [6.45, 7) is 3.82. The lowest BCUT2D eigenvalue weighted by Crippen LogP contribution is -2.21. The molecule has 0 N–H and O–H groups in total. The van der Waals surface area contributed by atoms with Crippen LogP contribution >= 0.6 is 0 Å². The molecule has 1 aliphatic rings. The molecule has 1 aromatic rings. The molecule has 0 amide bonds. The smallest absolute Gasteiger partial charge is 0.315 e. The molecule has 1 heterocycles. The van der Waals surface area contributed by atoms with E-state index in [0.29, 0.717) is 12.2 Å². The number of hydrogen-bond acceptors (Lipinski definition) is 4. The van der Waals surface area contributed by atoms with Crippen molar-refractivity contribution in [1.82, 2.24) is 0 Å². The first-order chi connectivity index (χ1) is 8.37. The van der Waals surface area contributed by atoms with E-state index in [1.807, 2.05) is 26.0 Å². The van der Waals surface area contributed by atoms with E-state index in [-0.39, 0.29) is 11.5 Å². The normalized spacial score (nSPS) is 21.8.